The molecule has 0 aromatic heterocycles. The van der Waals surface area contributed by atoms with Gasteiger partial charge in [-0.3, -0.25) is 14.5 Å². The van der Waals surface area contributed by atoms with E-state index >= 15 is 0 Å². The molecule has 0 saturated carbocycles. The molecular formula is C15H21N3O5S. The number of hydrogen-bond donors (Lipinski definition) is 2. The van der Waals surface area contributed by atoms with E-state index in [9.17, 15) is 18.0 Å². The van der Waals surface area contributed by atoms with Crippen molar-refractivity contribution in [1.82, 2.24) is 14.5 Å². The first-order chi connectivity index (χ1) is 11.4. The third kappa shape index (κ3) is 5.59. The van der Waals surface area contributed by atoms with Crippen LogP contribution < -0.4 is 5.32 Å². The summed E-state index contributed by atoms with van der Waals surface area (Å²) < 4.78 is 26.3. The standard InChI is InChI=1S/C15H21N3O5S/c19-14(16-10-15(20)21)11-17-6-8-18(9-7-17)24(22,23)12-13-4-2-1-3-5-13/h1-5H,6-12H2,(H,16,19)(H,20,21). The van der Waals surface area contributed by atoms with Crippen molar-refractivity contribution >= 4 is 21.9 Å². The van der Waals surface area contributed by atoms with Crippen molar-refractivity contribution in [2.75, 3.05) is 39.3 Å². The molecule has 1 fully saturated rings. The lowest BCUT2D eigenvalue weighted by molar-refractivity contribution is -0.138. The highest BCUT2D eigenvalue weighted by atomic mass is 32.2. The number of aliphatic carboxylic acids is 1. The molecular weight excluding hydrogens is 334 g/mol. The van der Waals surface area contributed by atoms with E-state index in [2.05, 4.69) is 5.32 Å². The van der Waals surface area contributed by atoms with Gasteiger partial charge in [0.25, 0.3) is 0 Å². The van der Waals surface area contributed by atoms with Crippen molar-refractivity contribution in [3.63, 3.8) is 0 Å². The molecule has 0 radical (unpaired) electrons. The van der Waals surface area contributed by atoms with Crippen LogP contribution in [0.5, 0.6) is 0 Å². The zero-order valence-corrected chi connectivity index (χ0v) is 14.0. The lowest BCUT2D eigenvalue weighted by Crippen LogP contribution is -2.51. The van der Waals surface area contributed by atoms with E-state index < -0.39 is 22.5 Å². The van der Waals surface area contributed by atoms with E-state index in [0.717, 1.165) is 5.56 Å². The number of carbonyl (C=O) groups is 2. The van der Waals surface area contributed by atoms with E-state index in [1.54, 1.807) is 24.3 Å². The number of benzene rings is 1. The predicted octanol–water partition coefficient (Wildman–Crippen LogP) is -0.665. The van der Waals surface area contributed by atoms with Crippen LogP contribution in [0.15, 0.2) is 30.3 Å². The molecule has 1 saturated heterocycles. The van der Waals surface area contributed by atoms with Crippen molar-refractivity contribution in [2.24, 2.45) is 0 Å². The quantitative estimate of drug-likeness (QED) is 0.672. The van der Waals surface area contributed by atoms with Crippen molar-refractivity contribution in [3.8, 4) is 0 Å². The molecule has 1 amide bonds. The van der Waals surface area contributed by atoms with Gasteiger partial charge in [0.05, 0.1) is 12.3 Å². The van der Waals surface area contributed by atoms with Gasteiger partial charge in [-0.25, -0.2) is 8.42 Å². The molecule has 2 N–H and O–H groups in total. The Morgan fingerprint density at radius 2 is 1.71 bits per heavy atom. The summed E-state index contributed by atoms with van der Waals surface area (Å²) in [5.74, 6) is -1.51. The van der Waals surface area contributed by atoms with Crippen LogP contribution >= 0.6 is 0 Å². The Morgan fingerprint density at radius 1 is 1.08 bits per heavy atom. The Hall–Kier alpha value is -1.97. The topological polar surface area (TPSA) is 107 Å². The Labute approximate surface area is 141 Å². The number of piperazine rings is 1. The SMILES string of the molecule is O=C(O)CNC(=O)CN1CCN(S(=O)(=O)Cc2ccccc2)CC1. The second-order valence-electron chi connectivity index (χ2n) is 5.59. The Kier molecular flexibility index (Phi) is 6.29. The average molecular weight is 355 g/mol. The molecule has 9 heteroatoms. The maximum Gasteiger partial charge on any atom is 0.322 e. The minimum Gasteiger partial charge on any atom is -0.480 e. The number of carboxylic acid groups (broad SMARTS) is 1. The zero-order chi connectivity index (χ0) is 17.6. The molecule has 1 aliphatic rings. The summed E-state index contributed by atoms with van der Waals surface area (Å²) in [6, 6.07) is 9.00. The van der Waals surface area contributed by atoms with Crippen LogP contribution in [0.25, 0.3) is 0 Å². The van der Waals surface area contributed by atoms with Gasteiger partial charge in [-0.15, -0.1) is 0 Å². The molecule has 0 spiro atoms. The number of nitrogens with one attached hydrogen (secondary N) is 1. The fourth-order valence-electron chi connectivity index (χ4n) is 2.48. The second-order valence-corrected chi connectivity index (χ2v) is 7.56. The van der Waals surface area contributed by atoms with Crippen LogP contribution in [0.4, 0.5) is 0 Å². The molecule has 1 aliphatic heterocycles. The van der Waals surface area contributed by atoms with E-state index in [0.29, 0.717) is 26.2 Å². The maximum absolute atomic E-state index is 12.4. The van der Waals surface area contributed by atoms with Gasteiger partial charge < -0.3 is 10.4 Å². The molecule has 1 aromatic rings. The zero-order valence-electron chi connectivity index (χ0n) is 13.2. The summed E-state index contributed by atoms with van der Waals surface area (Å²) in [5.41, 5.74) is 0.743. The van der Waals surface area contributed by atoms with Crippen molar-refractivity contribution < 1.29 is 23.1 Å². The highest BCUT2D eigenvalue weighted by Gasteiger charge is 2.27. The highest BCUT2D eigenvalue weighted by molar-refractivity contribution is 7.88. The van der Waals surface area contributed by atoms with Gasteiger partial charge in [-0.2, -0.15) is 4.31 Å². The number of rotatable bonds is 7. The molecule has 1 heterocycles. The Bertz CT molecular complexity index is 670. The van der Waals surface area contributed by atoms with Crippen LogP contribution in [0.2, 0.25) is 0 Å². The summed E-state index contributed by atoms with van der Waals surface area (Å²) >= 11 is 0. The lowest BCUT2D eigenvalue weighted by atomic mass is 10.2. The van der Waals surface area contributed by atoms with E-state index in [-0.39, 0.29) is 18.2 Å². The molecule has 0 unspecified atom stereocenters. The van der Waals surface area contributed by atoms with Gasteiger partial charge in [0.1, 0.15) is 6.54 Å². The fourth-order valence-corrected chi connectivity index (χ4v) is 3.99. The van der Waals surface area contributed by atoms with Crippen LogP contribution in [-0.2, 0) is 25.4 Å². The van der Waals surface area contributed by atoms with Gasteiger partial charge in [0, 0.05) is 26.2 Å². The molecule has 2 rings (SSSR count). The molecule has 0 bridgehead atoms. The number of nitrogens with zero attached hydrogens (tertiary/aromatic N) is 2. The van der Waals surface area contributed by atoms with Gasteiger partial charge in [0.2, 0.25) is 15.9 Å². The molecule has 0 aliphatic carbocycles. The third-order valence-electron chi connectivity index (χ3n) is 3.72. The minimum absolute atomic E-state index is 0.0348. The summed E-state index contributed by atoms with van der Waals surface area (Å²) in [6.45, 7) is 1.18. The first-order valence-electron chi connectivity index (χ1n) is 7.59. The Balaban J connectivity index is 1.81. The Morgan fingerprint density at radius 3 is 2.29 bits per heavy atom. The van der Waals surface area contributed by atoms with Crippen LogP contribution in [0.3, 0.4) is 0 Å². The summed E-state index contributed by atoms with van der Waals surface area (Å²) in [5, 5.41) is 10.8. The summed E-state index contributed by atoms with van der Waals surface area (Å²) in [6.07, 6.45) is 0. The molecule has 8 nitrogen and oxygen atoms in total. The first kappa shape index (κ1) is 18.4. The number of hydrogen-bond acceptors (Lipinski definition) is 5. The smallest absolute Gasteiger partial charge is 0.322 e. The molecule has 0 atom stereocenters. The summed E-state index contributed by atoms with van der Waals surface area (Å²) in [7, 11) is -3.38. The monoisotopic (exact) mass is 355 g/mol. The second kappa shape index (κ2) is 8.22. The van der Waals surface area contributed by atoms with Gasteiger partial charge in [-0.05, 0) is 5.56 Å². The van der Waals surface area contributed by atoms with Crippen LogP contribution in [-0.4, -0.2) is 73.9 Å². The molecule has 24 heavy (non-hydrogen) atoms. The number of sulfonamides is 1. The lowest BCUT2D eigenvalue weighted by Gasteiger charge is -2.33. The van der Waals surface area contributed by atoms with E-state index in [4.69, 9.17) is 5.11 Å². The van der Waals surface area contributed by atoms with Crippen LogP contribution in [0.1, 0.15) is 5.56 Å². The average Bonchev–Trinajstić information content (AvgIpc) is 2.54. The normalized spacial score (nSPS) is 16.7. The molecule has 1 aromatic carbocycles. The van der Waals surface area contributed by atoms with Gasteiger partial charge in [0.15, 0.2) is 0 Å². The van der Waals surface area contributed by atoms with Gasteiger partial charge >= 0.3 is 5.97 Å². The minimum atomic E-state index is -3.38. The van der Waals surface area contributed by atoms with Gasteiger partial charge in [-0.1, -0.05) is 30.3 Å². The van der Waals surface area contributed by atoms with Crippen molar-refractivity contribution in [1.29, 1.82) is 0 Å². The first-order valence-corrected chi connectivity index (χ1v) is 9.20. The third-order valence-corrected chi connectivity index (χ3v) is 5.57. The van der Waals surface area contributed by atoms with Crippen LogP contribution in [0, 0.1) is 0 Å². The number of carboxylic acids is 1. The van der Waals surface area contributed by atoms with Crippen molar-refractivity contribution in [3.05, 3.63) is 35.9 Å². The van der Waals surface area contributed by atoms with E-state index in [1.165, 1.54) is 4.31 Å². The number of carbonyl (C=O) groups excluding carboxylic acids is 1. The predicted molar refractivity (Wildman–Crippen MR) is 87.7 cm³/mol. The van der Waals surface area contributed by atoms with Crippen molar-refractivity contribution in [2.45, 2.75) is 5.75 Å². The maximum atomic E-state index is 12.4. The largest absolute Gasteiger partial charge is 0.480 e. The fraction of sp³-hybridized carbons (Fsp3) is 0.467. The highest BCUT2D eigenvalue weighted by Crippen LogP contribution is 2.13. The number of amides is 1. The molecule has 132 valence electrons. The summed E-state index contributed by atoms with van der Waals surface area (Å²) in [4.78, 5) is 23.8. The van der Waals surface area contributed by atoms with E-state index in [1.807, 2.05) is 11.0 Å².